The van der Waals surface area contributed by atoms with Gasteiger partial charge in [-0.2, -0.15) is 0 Å². The Morgan fingerprint density at radius 3 is 2.37 bits per heavy atom. The Morgan fingerprint density at radius 1 is 1.07 bits per heavy atom. The summed E-state index contributed by atoms with van der Waals surface area (Å²) in [6.07, 6.45) is 3.04. The molecule has 2 rings (SSSR count). The number of nitrogens with one attached hydrogen (secondary N) is 2. The molecule has 1 aromatic carbocycles. The Morgan fingerprint density at radius 2 is 1.78 bits per heavy atom. The summed E-state index contributed by atoms with van der Waals surface area (Å²) >= 11 is 0. The van der Waals surface area contributed by atoms with Gasteiger partial charge in [-0.15, -0.1) is 0 Å². The lowest BCUT2D eigenvalue weighted by atomic mass is 10.2. The minimum absolute atomic E-state index is 0.136. The van der Waals surface area contributed by atoms with Crippen LogP contribution in [0.5, 0.6) is 0 Å². The smallest absolute Gasteiger partial charge is 0.256 e. The zero-order valence-electron chi connectivity index (χ0n) is 15.7. The van der Waals surface area contributed by atoms with Crippen molar-refractivity contribution in [2.24, 2.45) is 0 Å². The minimum Gasteiger partial charge on any atom is -0.345 e. The molecule has 7 nitrogen and oxygen atoms in total. The fourth-order valence-corrected chi connectivity index (χ4v) is 2.38. The van der Waals surface area contributed by atoms with Gasteiger partial charge in [-0.05, 0) is 45.0 Å². The number of anilines is 1. The highest BCUT2D eigenvalue weighted by Gasteiger charge is 2.21. The highest BCUT2D eigenvalue weighted by atomic mass is 16.2. The Hall–Kier alpha value is -3.22. The summed E-state index contributed by atoms with van der Waals surface area (Å²) in [5, 5.41) is 5.25. The molecule has 2 N–H and O–H groups in total. The van der Waals surface area contributed by atoms with Gasteiger partial charge in [0, 0.05) is 24.1 Å². The van der Waals surface area contributed by atoms with Gasteiger partial charge in [0.05, 0.1) is 12.1 Å². The first-order chi connectivity index (χ1) is 12.9. The zero-order valence-corrected chi connectivity index (χ0v) is 15.7. The third-order valence-electron chi connectivity index (χ3n) is 3.89. The van der Waals surface area contributed by atoms with Crippen LogP contribution < -0.4 is 10.6 Å². The molecule has 0 aliphatic heterocycles. The summed E-state index contributed by atoms with van der Waals surface area (Å²) in [7, 11) is 0. The number of amides is 3. The third kappa shape index (κ3) is 6.22. The topological polar surface area (TPSA) is 91.4 Å². The highest BCUT2D eigenvalue weighted by molar-refractivity contribution is 5.98. The van der Waals surface area contributed by atoms with Crippen LogP contribution in [0.25, 0.3) is 0 Å². The Kier molecular flexibility index (Phi) is 7.05. The molecule has 0 bridgehead atoms. The zero-order chi connectivity index (χ0) is 19.8. The second kappa shape index (κ2) is 9.47. The normalized spacial score (nSPS) is 10.4. The number of hydrogen-bond acceptors (Lipinski definition) is 4. The molecule has 0 saturated carbocycles. The summed E-state index contributed by atoms with van der Waals surface area (Å²) in [5.41, 5.74) is 2.17. The predicted molar refractivity (Wildman–Crippen MR) is 103 cm³/mol. The number of carbonyl (C=O) groups is 3. The lowest BCUT2D eigenvalue weighted by Crippen LogP contribution is -2.45. The minimum atomic E-state index is -0.403. The van der Waals surface area contributed by atoms with Crippen molar-refractivity contribution in [1.29, 1.82) is 0 Å². The number of benzene rings is 1. The largest absolute Gasteiger partial charge is 0.345 e. The molecule has 0 saturated heterocycles. The van der Waals surface area contributed by atoms with Crippen molar-refractivity contribution in [2.45, 2.75) is 26.8 Å². The molecule has 0 atom stereocenters. The van der Waals surface area contributed by atoms with Gasteiger partial charge in [-0.3, -0.25) is 19.4 Å². The van der Waals surface area contributed by atoms with E-state index in [0.717, 1.165) is 5.56 Å². The van der Waals surface area contributed by atoms with Crippen LogP contribution >= 0.6 is 0 Å². The van der Waals surface area contributed by atoms with Crippen molar-refractivity contribution >= 4 is 23.4 Å². The van der Waals surface area contributed by atoms with Crippen molar-refractivity contribution in [1.82, 2.24) is 15.2 Å². The SMILES string of the molecule is Cc1ccc(NC(=O)CNC(=O)CN(C(=O)c2cccnc2)C(C)C)cc1. The van der Waals surface area contributed by atoms with Gasteiger partial charge in [-0.1, -0.05) is 17.7 Å². The monoisotopic (exact) mass is 368 g/mol. The van der Waals surface area contributed by atoms with Gasteiger partial charge < -0.3 is 15.5 Å². The van der Waals surface area contributed by atoms with Crippen LogP contribution in [-0.2, 0) is 9.59 Å². The number of pyridine rings is 1. The molecular formula is C20H24N4O3. The maximum Gasteiger partial charge on any atom is 0.256 e. The standard InChI is InChI=1S/C20H24N4O3/c1-14(2)24(20(27)16-5-4-10-21-11-16)13-19(26)22-12-18(25)23-17-8-6-15(3)7-9-17/h4-11,14H,12-13H2,1-3H3,(H,22,26)(H,23,25). The summed E-state index contributed by atoms with van der Waals surface area (Å²) in [6.45, 7) is 5.30. The Balaban J connectivity index is 1.87. The van der Waals surface area contributed by atoms with Crippen LogP contribution in [-0.4, -0.2) is 46.7 Å². The van der Waals surface area contributed by atoms with E-state index in [4.69, 9.17) is 0 Å². The molecule has 0 fully saturated rings. The van der Waals surface area contributed by atoms with E-state index in [1.165, 1.54) is 11.1 Å². The van der Waals surface area contributed by atoms with Crippen LogP contribution in [0.1, 0.15) is 29.8 Å². The van der Waals surface area contributed by atoms with E-state index in [1.807, 2.05) is 32.9 Å². The maximum atomic E-state index is 12.6. The molecule has 0 spiro atoms. The van der Waals surface area contributed by atoms with Crippen LogP contribution in [0.2, 0.25) is 0 Å². The Bertz CT molecular complexity index is 789. The third-order valence-corrected chi connectivity index (χ3v) is 3.89. The molecule has 142 valence electrons. The van der Waals surface area contributed by atoms with Crippen LogP contribution in [0, 0.1) is 6.92 Å². The highest BCUT2D eigenvalue weighted by Crippen LogP contribution is 2.08. The van der Waals surface area contributed by atoms with E-state index in [9.17, 15) is 14.4 Å². The van der Waals surface area contributed by atoms with E-state index < -0.39 is 5.91 Å². The molecule has 0 aliphatic rings. The van der Waals surface area contributed by atoms with Crippen LogP contribution in [0.3, 0.4) is 0 Å². The quantitative estimate of drug-likeness (QED) is 0.782. The molecule has 0 unspecified atom stereocenters. The molecule has 1 aromatic heterocycles. The molecule has 2 aromatic rings. The summed E-state index contributed by atoms with van der Waals surface area (Å²) < 4.78 is 0. The average molecular weight is 368 g/mol. The first-order valence-electron chi connectivity index (χ1n) is 8.71. The number of carbonyl (C=O) groups excluding carboxylic acids is 3. The Labute approximate surface area is 158 Å². The van der Waals surface area contributed by atoms with Crippen molar-refractivity contribution in [3.05, 3.63) is 59.9 Å². The van der Waals surface area contributed by atoms with Crippen molar-refractivity contribution in [3.63, 3.8) is 0 Å². The van der Waals surface area contributed by atoms with Crippen molar-refractivity contribution in [2.75, 3.05) is 18.4 Å². The van der Waals surface area contributed by atoms with E-state index in [-0.39, 0.29) is 30.9 Å². The molecule has 0 aliphatic carbocycles. The van der Waals surface area contributed by atoms with Crippen LogP contribution in [0.15, 0.2) is 48.8 Å². The molecular weight excluding hydrogens is 344 g/mol. The molecule has 3 amide bonds. The van der Waals surface area contributed by atoms with Gasteiger partial charge in [0.2, 0.25) is 11.8 Å². The lowest BCUT2D eigenvalue weighted by Gasteiger charge is -2.26. The van der Waals surface area contributed by atoms with E-state index >= 15 is 0 Å². The van der Waals surface area contributed by atoms with E-state index in [2.05, 4.69) is 15.6 Å². The maximum absolute atomic E-state index is 12.6. The van der Waals surface area contributed by atoms with Gasteiger partial charge in [0.1, 0.15) is 6.54 Å². The number of aryl methyl sites for hydroxylation is 1. The van der Waals surface area contributed by atoms with E-state index in [1.54, 1.807) is 30.5 Å². The molecule has 0 radical (unpaired) electrons. The lowest BCUT2D eigenvalue weighted by molar-refractivity contribution is -0.124. The van der Waals surface area contributed by atoms with Crippen molar-refractivity contribution in [3.8, 4) is 0 Å². The number of aromatic nitrogens is 1. The van der Waals surface area contributed by atoms with Gasteiger partial charge in [-0.25, -0.2) is 0 Å². The number of nitrogens with zero attached hydrogens (tertiary/aromatic N) is 2. The van der Waals surface area contributed by atoms with Gasteiger partial charge >= 0.3 is 0 Å². The fourth-order valence-electron chi connectivity index (χ4n) is 2.38. The predicted octanol–water partition coefficient (Wildman–Crippen LogP) is 2.00. The summed E-state index contributed by atoms with van der Waals surface area (Å²) in [6, 6.07) is 10.5. The van der Waals surface area contributed by atoms with Crippen LogP contribution in [0.4, 0.5) is 5.69 Å². The first-order valence-corrected chi connectivity index (χ1v) is 8.71. The summed E-state index contributed by atoms with van der Waals surface area (Å²) in [4.78, 5) is 42.1. The fraction of sp³-hybridized carbons (Fsp3) is 0.300. The number of rotatable bonds is 7. The second-order valence-electron chi connectivity index (χ2n) is 6.46. The second-order valence-corrected chi connectivity index (χ2v) is 6.46. The van der Waals surface area contributed by atoms with Gasteiger partial charge in [0.25, 0.3) is 5.91 Å². The summed E-state index contributed by atoms with van der Waals surface area (Å²) in [5.74, 6) is -1.01. The first kappa shape index (κ1) is 20.1. The molecule has 1 heterocycles. The van der Waals surface area contributed by atoms with Crippen molar-refractivity contribution < 1.29 is 14.4 Å². The van der Waals surface area contributed by atoms with Gasteiger partial charge in [0.15, 0.2) is 0 Å². The number of hydrogen-bond donors (Lipinski definition) is 2. The molecule has 27 heavy (non-hydrogen) atoms. The van der Waals surface area contributed by atoms with E-state index in [0.29, 0.717) is 11.3 Å². The molecule has 7 heteroatoms. The average Bonchev–Trinajstić information content (AvgIpc) is 2.66.